The van der Waals surface area contributed by atoms with Crippen molar-refractivity contribution in [3.05, 3.63) is 65.2 Å². The Labute approximate surface area is 210 Å². The maximum absolute atomic E-state index is 13.2. The largest absolute Gasteiger partial charge is 0.507 e. The van der Waals surface area contributed by atoms with Crippen molar-refractivity contribution < 1.29 is 19.4 Å². The number of ketones is 1. The maximum Gasteiger partial charge on any atom is 0.173 e. The molecule has 0 spiro atoms. The van der Waals surface area contributed by atoms with Gasteiger partial charge < -0.3 is 14.6 Å². The molecule has 0 saturated heterocycles. The first-order chi connectivity index (χ1) is 16.6. The summed E-state index contributed by atoms with van der Waals surface area (Å²) in [5.74, 6) is 3.18. The number of ether oxygens (including phenoxy) is 2. The van der Waals surface area contributed by atoms with Gasteiger partial charge in [-0.1, -0.05) is 44.6 Å². The Bertz CT molecular complexity index is 1080. The van der Waals surface area contributed by atoms with Crippen LogP contribution < -0.4 is 9.47 Å². The molecule has 2 aliphatic rings. The van der Waals surface area contributed by atoms with Crippen molar-refractivity contribution in [1.82, 2.24) is 0 Å². The molecule has 0 heterocycles. The third-order valence-corrected chi connectivity index (χ3v) is 8.50. The van der Waals surface area contributed by atoms with Crippen LogP contribution in [0.5, 0.6) is 17.2 Å². The van der Waals surface area contributed by atoms with Crippen molar-refractivity contribution in [1.29, 1.82) is 0 Å². The van der Waals surface area contributed by atoms with Gasteiger partial charge in [0.15, 0.2) is 5.78 Å². The van der Waals surface area contributed by atoms with E-state index in [9.17, 15) is 9.90 Å². The van der Waals surface area contributed by atoms with E-state index in [-0.39, 0.29) is 23.1 Å². The van der Waals surface area contributed by atoms with Crippen LogP contribution in [0.2, 0.25) is 0 Å². The zero-order valence-electron chi connectivity index (χ0n) is 22.0. The molecule has 2 aromatic rings. The van der Waals surface area contributed by atoms with E-state index in [0.717, 1.165) is 37.0 Å². The van der Waals surface area contributed by atoms with Crippen LogP contribution in [0.3, 0.4) is 0 Å². The molecule has 0 radical (unpaired) electrons. The molecule has 2 aliphatic carbocycles. The number of methoxy groups -OCH3 is 1. The summed E-state index contributed by atoms with van der Waals surface area (Å²) in [5, 5.41) is 10.8. The van der Waals surface area contributed by atoms with Crippen LogP contribution in [0.25, 0.3) is 0 Å². The number of hydrogen-bond donors (Lipinski definition) is 1. The number of carbonyl (C=O) groups excluding carboxylic acids is 1. The lowest BCUT2D eigenvalue weighted by Crippen LogP contribution is -2.51. The van der Waals surface area contributed by atoms with Gasteiger partial charge in [-0.25, -0.2) is 0 Å². The van der Waals surface area contributed by atoms with E-state index < -0.39 is 0 Å². The van der Waals surface area contributed by atoms with Crippen molar-refractivity contribution in [2.24, 2.45) is 23.7 Å². The fraction of sp³-hybridized carbons (Fsp3) is 0.516. The van der Waals surface area contributed by atoms with Gasteiger partial charge in [-0.3, -0.25) is 4.79 Å². The highest BCUT2D eigenvalue weighted by Gasteiger charge is 2.48. The highest BCUT2D eigenvalue weighted by Crippen LogP contribution is 2.51. The summed E-state index contributed by atoms with van der Waals surface area (Å²) in [6.45, 7) is 11.0. The number of benzene rings is 2. The van der Waals surface area contributed by atoms with E-state index in [2.05, 4.69) is 33.8 Å². The van der Waals surface area contributed by atoms with Crippen molar-refractivity contribution >= 4 is 5.78 Å². The number of fused-ring (bicyclic) bond motifs is 1. The third kappa shape index (κ3) is 5.12. The van der Waals surface area contributed by atoms with E-state index in [4.69, 9.17) is 9.47 Å². The van der Waals surface area contributed by atoms with Gasteiger partial charge in [-0.15, -0.1) is 0 Å². The predicted octanol–water partition coefficient (Wildman–Crippen LogP) is 7.56. The van der Waals surface area contributed by atoms with Crippen molar-refractivity contribution in [2.75, 3.05) is 7.11 Å². The van der Waals surface area contributed by atoms with Crippen LogP contribution in [0.1, 0.15) is 82.1 Å². The SMILES string of the molecule is COc1ccc(C(C)C(=O)c2ccc(O[C@@]3(C)CCC(C(C)C)C4C=C(C)CCC43)cc2O)cc1. The molecule has 4 rings (SSSR count). The van der Waals surface area contributed by atoms with Gasteiger partial charge in [0.1, 0.15) is 22.8 Å². The fourth-order valence-corrected chi connectivity index (χ4v) is 6.30. The summed E-state index contributed by atoms with van der Waals surface area (Å²) in [5.41, 5.74) is 2.41. The molecule has 0 bridgehead atoms. The summed E-state index contributed by atoms with van der Waals surface area (Å²) >= 11 is 0. The van der Waals surface area contributed by atoms with Gasteiger partial charge >= 0.3 is 0 Å². The van der Waals surface area contributed by atoms with E-state index >= 15 is 0 Å². The summed E-state index contributed by atoms with van der Waals surface area (Å²) in [6.07, 6.45) is 6.89. The van der Waals surface area contributed by atoms with Crippen molar-refractivity contribution in [2.45, 2.75) is 71.8 Å². The minimum absolute atomic E-state index is 0.0248. The topological polar surface area (TPSA) is 55.8 Å². The standard InChI is InChI=1S/C31H40O4/c1-19(2)25-15-16-31(5,28-14-7-20(3)17-27(25)28)35-24-12-13-26(29(32)18-24)30(33)21(4)22-8-10-23(34-6)11-9-22/h8-13,17-19,21,25,27-28,32H,7,14-16H2,1-6H3/t21?,25?,27?,28?,31-/m0/s1. The van der Waals surface area contributed by atoms with Gasteiger partial charge in [0.25, 0.3) is 0 Å². The first-order valence-electron chi connectivity index (χ1n) is 13.0. The van der Waals surface area contributed by atoms with E-state index in [1.807, 2.05) is 37.3 Å². The molecular weight excluding hydrogens is 436 g/mol. The Morgan fingerprint density at radius 3 is 2.37 bits per heavy atom. The summed E-state index contributed by atoms with van der Waals surface area (Å²) < 4.78 is 11.9. The van der Waals surface area contributed by atoms with Crippen LogP contribution in [-0.4, -0.2) is 23.6 Å². The Morgan fingerprint density at radius 1 is 1.06 bits per heavy atom. The maximum atomic E-state index is 13.2. The van der Waals surface area contributed by atoms with Crippen LogP contribution in [-0.2, 0) is 0 Å². The summed E-state index contributed by atoms with van der Waals surface area (Å²) in [6, 6.07) is 12.6. The number of phenolic OH excluding ortho intramolecular Hbond substituents is 1. The average molecular weight is 477 g/mol. The lowest BCUT2D eigenvalue weighted by atomic mass is 9.58. The van der Waals surface area contributed by atoms with Crippen LogP contribution in [0.15, 0.2) is 54.1 Å². The number of carbonyl (C=O) groups is 1. The number of Topliss-reactive ketones (excluding diaryl/α,β-unsaturated/α-hetero) is 1. The highest BCUT2D eigenvalue weighted by molar-refractivity contribution is 6.03. The number of phenols is 1. The summed E-state index contributed by atoms with van der Waals surface area (Å²) in [4.78, 5) is 13.2. The number of hydrogen-bond acceptors (Lipinski definition) is 4. The lowest BCUT2D eigenvalue weighted by Gasteiger charge is -2.51. The third-order valence-electron chi connectivity index (χ3n) is 8.50. The van der Waals surface area contributed by atoms with Crippen molar-refractivity contribution in [3.63, 3.8) is 0 Å². The highest BCUT2D eigenvalue weighted by atomic mass is 16.5. The quantitative estimate of drug-likeness (QED) is 0.331. The van der Waals surface area contributed by atoms with Gasteiger partial charge in [0.2, 0.25) is 0 Å². The van der Waals surface area contributed by atoms with Crippen LogP contribution >= 0.6 is 0 Å². The summed E-state index contributed by atoms with van der Waals surface area (Å²) in [7, 11) is 1.62. The van der Waals surface area contributed by atoms with E-state index in [1.54, 1.807) is 19.2 Å². The Morgan fingerprint density at radius 2 is 1.74 bits per heavy atom. The molecule has 4 unspecified atom stereocenters. The minimum atomic E-state index is -0.375. The molecule has 0 amide bonds. The van der Waals surface area contributed by atoms with Gasteiger partial charge in [-0.2, -0.15) is 0 Å². The zero-order chi connectivity index (χ0) is 25.3. The first kappa shape index (κ1) is 25.3. The normalized spacial score (nSPS) is 27.1. The molecular formula is C31H40O4. The number of rotatable bonds is 7. The Kier molecular flexibility index (Phi) is 7.30. The minimum Gasteiger partial charge on any atom is -0.507 e. The van der Waals surface area contributed by atoms with Gasteiger partial charge in [-0.05, 0) is 87.1 Å². The average Bonchev–Trinajstić information content (AvgIpc) is 2.83. The monoisotopic (exact) mass is 476 g/mol. The zero-order valence-corrected chi connectivity index (χ0v) is 22.0. The van der Waals surface area contributed by atoms with Crippen LogP contribution in [0, 0.1) is 23.7 Å². The Balaban J connectivity index is 1.53. The molecule has 5 atom stereocenters. The molecule has 1 fully saturated rings. The molecule has 4 nitrogen and oxygen atoms in total. The number of aromatic hydroxyl groups is 1. The smallest absolute Gasteiger partial charge is 0.173 e. The second kappa shape index (κ2) is 10.1. The number of allylic oxidation sites excluding steroid dienone is 2. The fourth-order valence-electron chi connectivity index (χ4n) is 6.30. The van der Waals surface area contributed by atoms with Crippen LogP contribution in [0.4, 0.5) is 0 Å². The molecule has 1 saturated carbocycles. The molecule has 0 aliphatic heterocycles. The van der Waals surface area contributed by atoms with Crippen molar-refractivity contribution in [3.8, 4) is 17.2 Å². The first-order valence-corrected chi connectivity index (χ1v) is 13.0. The van der Waals surface area contributed by atoms with E-state index in [1.165, 1.54) is 5.57 Å². The predicted molar refractivity (Wildman–Crippen MR) is 140 cm³/mol. The molecule has 188 valence electrons. The molecule has 35 heavy (non-hydrogen) atoms. The second-order valence-corrected chi connectivity index (χ2v) is 11.1. The Hall–Kier alpha value is -2.75. The molecule has 0 aromatic heterocycles. The van der Waals surface area contributed by atoms with Gasteiger partial charge in [0.05, 0.1) is 12.7 Å². The molecule has 2 aromatic carbocycles. The second-order valence-electron chi connectivity index (χ2n) is 11.1. The molecule has 1 N–H and O–H groups in total. The molecule has 4 heteroatoms. The van der Waals surface area contributed by atoms with Gasteiger partial charge in [0, 0.05) is 17.9 Å². The lowest BCUT2D eigenvalue weighted by molar-refractivity contribution is -0.0618. The van der Waals surface area contributed by atoms with E-state index in [0.29, 0.717) is 35.0 Å².